The van der Waals surface area contributed by atoms with Crippen molar-refractivity contribution in [1.29, 1.82) is 0 Å². The number of benzene rings is 2. The summed E-state index contributed by atoms with van der Waals surface area (Å²) in [7, 11) is 0. The number of para-hydroxylation sites is 1. The summed E-state index contributed by atoms with van der Waals surface area (Å²) < 4.78 is 11.0. The van der Waals surface area contributed by atoms with Crippen molar-refractivity contribution in [2.45, 2.75) is 52.4 Å². The van der Waals surface area contributed by atoms with Gasteiger partial charge >= 0.3 is 0 Å². The third-order valence-electron chi connectivity index (χ3n) is 5.16. The van der Waals surface area contributed by atoms with Crippen LogP contribution in [0.25, 0.3) is 0 Å². The van der Waals surface area contributed by atoms with Gasteiger partial charge in [-0.1, -0.05) is 44.2 Å². The van der Waals surface area contributed by atoms with E-state index in [-0.39, 0.29) is 11.9 Å². The zero-order chi connectivity index (χ0) is 21.3. The monoisotopic (exact) mass is 406 g/mol. The summed E-state index contributed by atoms with van der Waals surface area (Å²) in [6, 6.07) is 19.3. The van der Waals surface area contributed by atoms with Crippen LogP contribution in [0.1, 0.15) is 50.0 Å². The first-order valence-corrected chi connectivity index (χ1v) is 10.4. The molecule has 3 aromatic rings. The summed E-state index contributed by atoms with van der Waals surface area (Å²) in [5.41, 5.74) is 3.95. The van der Waals surface area contributed by atoms with Crippen LogP contribution in [0.5, 0.6) is 0 Å². The number of hydrogen-bond donors (Lipinski definition) is 2. The van der Waals surface area contributed by atoms with Crippen molar-refractivity contribution in [3.05, 3.63) is 83.8 Å². The molecule has 0 bridgehead atoms. The van der Waals surface area contributed by atoms with Crippen molar-refractivity contribution in [1.82, 2.24) is 0 Å². The van der Waals surface area contributed by atoms with Gasteiger partial charge in [0.05, 0.1) is 12.9 Å². The Morgan fingerprint density at radius 2 is 1.87 bits per heavy atom. The van der Waals surface area contributed by atoms with Gasteiger partial charge in [-0.3, -0.25) is 4.79 Å². The van der Waals surface area contributed by atoms with Gasteiger partial charge in [0.2, 0.25) is 5.91 Å². The summed E-state index contributed by atoms with van der Waals surface area (Å²) in [6.07, 6.45) is 2.66. The fraction of sp³-hybridized carbons (Fsp3) is 0.320. The van der Waals surface area contributed by atoms with E-state index in [4.69, 9.17) is 9.15 Å². The summed E-state index contributed by atoms with van der Waals surface area (Å²) in [5.74, 6) is 1.13. The Kier molecular flexibility index (Phi) is 7.69. The molecule has 2 unspecified atom stereocenters. The van der Waals surface area contributed by atoms with Gasteiger partial charge in [0.1, 0.15) is 18.4 Å². The van der Waals surface area contributed by atoms with E-state index in [1.54, 1.807) is 6.26 Å². The maximum absolute atomic E-state index is 12.8. The summed E-state index contributed by atoms with van der Waals surface area (Å²) in [6.45, 7) is 7.09. The second kappa shape index (κ2) is 10.6. The van der Waals surface area contributed by atoms with Gasteiger partial charge in [-0.25, -0.2) is 0 Å². The normalized spacial score (nSPS) is 12.9. The topological polar surface area (TPSA) is 63.5 Å². The van der Waals surface area contributed by atoms with Crippen LogP contribution < -0.4 is 10.6 Å². The van der Waals surface area contributed by atoms with Gasteiger partial charge < -0.3 is 19.8 Å². The third kappa shape index (κ3) is 5.97. The lowest BCUT2D eigenvalue weighted by molar-refractivity contribution is -0.116. The van der Waals surface area contributed by atoms with Crippen LogP contribution in [0.4, 0.5) is 11.4 Å². The number of anilines is 2. The number of rotatable bonds is 10. The van der Waals surface area contributed by atoms with E-state index in [0.717, 1.165) is 34.7 Å². The number of amides is 1. The Labute approximate surface area is 178 Å². The smallest absolute Gasteiger partial charge is 0.246 e. The fourth-order valence-corrected chi connectivity index (χ4v) is 3.23. The minimum Gasteiger partial charge on any atom is -0.467 e. The zero-order valence-electron chi connectivity index (χ0n) is 17.9. The van der Waals surface area contributed by atoms with E-state index in [2.05, 4.69) is 30.5 Å². The fourth-order valence-electron chi connectivity index (χ4n) is 3.23. The predicted octanol–water partition coefficient (Wildman–Crippen LogP) is 5.95. The SMILES string of the molecule is CCC(C)c1ccccc1NC(=O)C(C)Nc1cccc(COCc2ccco2)c1. The number of hydrogen-bond acceptors (Lipinski definition) is 4. The van der Waals surface area contributed by atoms with Crippen molar-refractivity contribution in [3.63, 3.8) is 0 Å². The lowest BCUT2D eigenvalue weighted by atomic mass is 9.97. The molecule has 1 heterocycles. The average molecular weight is 407 g/mol. The number of ether oxygens (including phenoxy) is 1. The second-order valence-electron chi connectivity index (χ2n) is 7.52. The molecule has 1 amide bonds. The third-order valence-corrected chi connectivity index (χ3v) is 5.16. The molecular formula is C25H30N2O3. The van der Waals surface area contributed by atoms with Crippen LogP contribution in [0.3, 0.4) is 0 Å². The van der Waals surface area contributed by atoms with E-state index in [1.807, 2.05) is 61.5 Å². The highest BCUT2D eigenvalue weighted by molar-refractivity contribution is 5.96. The zero-order valence-corrected chi connectivity index (χ0v) is 17.9. The number of carbonyl (C=O) groups excluding carboxylic acids is 1. The van der Waals surface area contributed by atoms with Crippen LogP contribution in [0.15, 0.2) is 71.3 Å². The van der Waals surface area contributed by atoms with Crippen LogP contribution in [-0.2, 0) is 22.7 Å². The highest BCUT2D eigenvalue weighted by Crippen LogP contribution is 2.26. The van der Waals surface area contributed by atoms with Gasteiger partial charge in [0.25, 0.3) is 0 Å². The van der Waals surface area contributed by atoms with E-state index >= 15 is 0 Å². The largest absolute Gasteiger partial charge is 0.467 e. The molecule has 1 aromatic heterocycles. The molecule has 0 fully saturated rings. The molecule has 0 aliphatic heterocycles. The molecule has 30 heavy (non-hydrogen) atoms. The average Bonchev–Trinajstić information content (AvgIpc) is 3.27. The molecule has 158 valence electrons. The Morgan fingerprint density at radius 3 is 2.63 bits per heavy atom. The first-order valence-electron chi connectivity index (χ1n) is 10.4. The Hall–Kier alpha value is -3.05. The number of carbonyl (C=O) groups is 1. The van der Waals surface area contributed by atoms with E-state index in [9.17, 15) is 4.79 Å². The maximum Gasteiger partial charge on any atom is 0.246 e. The molecule has 2 aromatic carbocycles. The molecular weight excluding hydrogens is 376 g/mol. The van der Waals surface area contributed by atoms with Crippen LogP contribution >= 0.6 is 0 Å². The predicted molar refractivity (Wildman–Crippen MR) is 121 cm³/mol. The Bertz CT molecular complexity index is 937. The molecule has 3 rings (SSSR count). The number of nitrogens with one attached hydrogen (secondary N) is 2. The molecule has 0 radical (unpaired) electrons. The minimum absolute atomic E-state index is 0.0646. The van der Waals surface area contributed by atoms with Crippen molar-refractivity contribution < 1.29 is 13.9 Å². The number of furan rings is 1. The van der Waals surface area contributed by atoms with Crippen molar-refractivity contribution in [2.24, 2.45) is 0 Å². The minimum atomic E-state index is -0.380. The van der Waals surface area contributed by atoms with Crippen molar-refractivity contribution in [2.75, 3.05) is 10.6 Å². The first-order chi connectivity index (χ1) is 14.6. The summed E-state index contributed by atoms with van der Waals surface area (Å²) >= 11 is 0. The molecule has 2 N–H and O–H groups in total. The first kappa shape index (κ1) is 21.7. The second-order valence-corrected chi connectivity index (χ2v) is 7.52. The van der Waals surface area contributed by atoms with Crippen LogP contribution in [0, 0.1) is 0 Å². The molecule has 5 heteroatoms. The van der Waals surface area contributed by atoms with Crippen LogP contribution in [-0.4, -0.2) is 11.9 Å². The van der Waals surface area contributed by atoms with Gasteiger partial charge in [0, 0.05) is 11.4 Å². The van der Waals surface area contributed by atoms with Gasteiger partial charge in [-0.05, 0) is 60.7 Å². The highest BCUT2D eigenvalue weighted by Gasteiger charge is 2.16. The maximum atomic E-state index is 12.8. The Morgan fingerprint density at radius 1 is 1.03 bits per heavy atom. The summed E-state index contributed by atoms with van der Waals surface area (Å²) in [4.78, 5) is 12.8. The molecule has 0 saturated carbocycles. The van der Waals surface area contributed by atoms with Gasteiger partial charge in [-0.2, -0.15) is 0 Å². The van der Waals surface area contributed by atoms with E-state index in [1.165, 1.54) is 0 Å². The Balaban J connectivity index is 1.56. The van der Waals surface area contributed by atoms with E-state index < -0.39 is 0 Å². The molecule has 5 nitrogen and oxygen atoms in total. The molecule has 0 saturated heterocycles. The van der Waals surface area contributed by atoms with Gasteiger partial charge in [-0.15, -0.1) is 0 Å². The molecule has 0 spiro atoms. The van der Waals surface area contributed by atoms with Gasteiger partial charge in [0.15, 0.2) is 0 Å². The molecule has 0 aliphatic carbocycles. The standard InChI is InChI=1S/C25H30N2O3/c1-4-18(2)23-12-5-6-13-24(23)27-25(28)19(3)26-21-10-7-9-20(15-21)16-29-17-22-11-8-14-30-22/h5-15,18-19,26H,4,16-17H2,1-3H3,(H,27,28). The lowest BCUT2D eigenvalue weighted by Gasteiger charge is -2.19. The van der Waals surface area contributed by atoms with Crippen LogP contribution in [0.2, 0.25) is 0 Å². The lowest BCUT2D eigenvalue weighted by Crippen LogP contribution is -2.32. The quantitative estimate of drug-likeness (QED) is 0.437. The van der Waals surface area contributed by atoms with Crippen molar-refractivity contribution >= 4 is 17.3 Å². The van der Waals surface area contributed by atoms with Crippen molar-refractivity contribution in [3.8, 4) is 0 Å². The van der Waals surface area contributed by atoms with E-state index in [0.29, 0.717) is 19.1 Å². The molecule has 0 aliphatic rings. The highest BCUT2D eigenvalue weighted by atomic mass is 16.5. The summed E-state index contributed by atoms with van der Waals surface area (Å²) in [5, 5.41) is 6.36. The molecule has 2 atom stereocenters.